The first kappa shape index (κ1) is 15.4. The molecule has 0 aliphatic rings. The molecule has 1 aromatic heterocycles. The summed E-state index contributed by atoms with van der Waals surface area (Å²) < 4.78 is 10.2. The molecule has 0 saturated carbocycles. The number of aromatic nitrogens is 1. The Kier molecular flexibility index (Phi) is 5.26. The van der Waals surface area contributed by atoms with Crippen molar-refractivity contribution in [1.29, 1.82) is 0 Å². The molecule has 0 aliphatic heterocycles. The number of aryl methyl sites for hydroxylation is 1. The summed E-state index contributed by atoms with van der Waals surface area (Å²) in [7, 11) is 1.57. The molecule has 21 heavy (non-hydrogen) atoms. The molecule has 2 aromatic rings. The largest absolute Gasteiger partial charge is 0.468 e. The number of ether oxygens (including phenoxy) is 2. The van der Waals surface area contributed by atoms with Crippen LogP contribution in [0, 0.1) is 6.92 Å². The molecule has 6 nitrogen and oxygen atoms in total. The molecule has 0 unspecified atom stereocenters. The van der Waals surface area contributed by atoms with Crippen molar-refractivity contribution in [2.24, 2.45) is 5.73 Å². The normalized spacial score (nSPS) is 10.4. The molecule has 0 aliphatic carbocycles. The lowest BCUT2D eigenvalue weighted by Gasteiger charge is -2.05. The van der Waals surface area contributed by atoms with Crippen LogP contribution in [0.3, 0.4) is 0 Å². The molecule has 0 atom stereocenters. The standard InChI is InChI=1S/C14H17N3O3S/c1-9-13(17-14(21-9)16-12(18)7-15)10-3-5-11(6-4-10)20-8-19-2/h3-6H,7-8,15H2,1-2H3,(H,16,17,18). The number of thiazole rings is 1. The number of carbonyl (C=O) groups excluding carboxylic acids is 1. The van der Waals surface area contributed by atoms with Crippen LogP contribution in [0.5, 0.6) is 5.75 Å². The van der Waals surface area contributed by atoms with Crippen molar-refractivity contribution < 1.29 is 14.3 Å². The van der Waals surface area contributed by atoms with Gasteiger partial charge in [0.2, 0.25) is 5.91 Å². The van der Waals surface area contributed by atoms with Crippen molar-refractivity contribution in [3.63, 3.8) is 0 Å². The number of benzene rings is 1. The van der Waals surface area contributed by atoms with Crippen LogP contribution in [-0.2, 0) is 9.53 Å². The van der Waals surface area contributed by atoms with E-state index in [1.807, 2.05) is 31.2 Å². The van der Waals surface area contributed by atoms with E-state index in [-0.39, 0.29) is 19.2 Å². The zero-order chi connectivity index (χ0) is 15.2. The minimum Gasteiger partial charge on any atom is -0.468 e. The fraction of sp³-hybridized carbons (Fsp3) is 0.286. The maximum atomic E-state index is 11.3. The van der Waals surface area contributed by atoms with Gasteiger partial charge in [0.25, 0.3) is 0 Å². The topological polar surface area (TPSA) is 86.5 Å². The maximum absolute atomic E-state index is 11.3. The van der Waals surface area contributed by atoms with Crippen molar-refractivity contribution in [3.05, 3.63) is 29.1 Å². The van der Waals surface area contributed by atoms with E-state index in [0.29, 0.717) is 5.13 Å². The molecule has 0 fully saturated rings. The molecule has 3 N–H and O–H groups in total. The minimum atomic E-state index is -0.251. The highest BCUT2D eigenvalue weighted by atomic mass is 32.1. The van der Waals surface area contributed by atoms with Gasteiger partial charge in [-0.3, -0.25) is 4.79 Å². The second-order valence-corrected chi connectivity index (χ2v) is 5.45. The van der Waals surface area contributed by atoms with E-state index in [4.69, 9.17) is 15.2 Å². The van der Waals surface area contributed by atoms with Crippen LogP contribution in [-0.4, -0.2) is 31.3 Å². The van der Waals surface area contributed by atoms with Gasteiger partial charge < -0.3 is 20.5 Å². The monoisotopic (exact) mass is 307 g/mol. The van der Waals surface area contributed by atoms with Gasteiger partial charge in [-0.25, -0.2) is 4.98 Å². The van der Waals surface area contributed by atoms with Crippen molar-refractivity contribution in [3.8, 4) is 17.0 Å². The number of rotatable bonds is 6. The van der Waals surface area contributed by atoms with Crippen LogP contribution >= 0.6 is 11.3 Å². The summed E-state index contributed by atoms with van der Waals surface area (Å²) in [5.41, 5.74) is 7.07. The van der Waals surface area contributed by atoms with Crippen molar-refractivity contribution >= 4 is 22.4 Å². The highest BCUT2D eigenvalue weighted by molar-refractivity contribution is 7.16. The molecule has 7 heteroatoms. The number of amides is 1. The van der Waals surface area contributed by atoms with Crippen LogP contribution in [0.2, 0.25) is 0 Å². The molecular formula is C14H17N3O3S. The Morgan fingerprint density at radius 3 is 2.71 bits per heavy atom. The Morgan fingerprint density at radius 1 is 1.38 bits per heavy atom. The van der Waals surface area contributed by atoms with Crippen LogP contribution in [0.4, 0.5) is 5.13 Å². The van der Waals surface area contributed by atoms with E-state index in [1.54, 1.807) is 7.11 Å². The van der Waals surface area contributed by atoms with Gasteiger partial charge in [-0.15, -0.1) is 11.3 Å². The summed E-state index contributed by atoms with van der Waals surface area (Å²) in [5.74, 6) is 0.476. The van der Waals surface area contributed by atoms with Gasteiger partial charge in [0, 0.05) is 17.6 Å². The van der Waals surface area contributed by atoms with Crippen molar-refractivity contribution in [2.75, 3.05) is 25.8 Å². The first-order chi connectivity index (χ1) is 10.1. The Hall–Kier alpha value is -1.96. The second kappa shape index (κ2) is 7.16. The number of methoxy groups -OCH3 is 1. The molecule has 2 rings (SSSR count). The van der Waals surface area contributed by atoms with Gasteiger partial charge in [-0.05, 0) is 31.2 Å². The predicted molar refractivity (Wildman–Crippen MR) is 82.5 cm³/mol. The maximum Gasteiger partial charge on any atom is 0.239 e. The van der Waals surface area contributed by atoms with E-state index < -0.39 is 0 Å². The number of anilines is 1. The molecule has 0 saturated heterocycles. The molecule has 112 valence electrons. The summed E-state index contributed by atoms with van der Waals surface area (Å²) in [6.45, 7) is 2.12. The van der Waals surface area contributed by atoms with Crippen molar-refractivity contribution in [2.45, 2.75) is 6.92 Å². The van der Waals surface area contributed by atoms with Gasteiger partial charge in [0.1, 0.15) is 5.75 Å². The number of nitrogens with two attached hydrogens (primary N) is 1. The Balaban J connectivity index is 2.15. The Labute approximate surface area is 126 Å². The number of hydrogen-bond acceptors (Lipinski definition) is 6. The van der Waals surface area contributed by atoms with E-state index in [9.17, 15) is 4.79 Å². The average Bonchev–Trinajstić information content (AvgIpc) is 2.86. The van der Waals surface area contributed by atoms with Gasteiger partial charge in [0.15, 0.2) is 11.9 Å². The smallest absolute Gasteiger partial charge is 0.239 e. The summed E-state index contributed by atoms with van der Waals surface area (Å²) in [6.07, 6.45) is 0. The highest BCUT2D eigenvalue weighted by Gasteiger charge is 2.11. The van der Waals surface area contributed by atoms with Crippen LogP contribution < -0.4 is 15.8 Å². The predicted octanol–water partition coefficient (Wildman–Crippen LogP) is 2.00. The van der Waals surface area contributed by atoms with Crippen LogP contribution in [0.1, 0.15) is 4.88 Å². The molecule has 1 amide bonds. The van der Waals surface area contributed by atoms with Gasteiger partial charge in [-0.1, -0.05) is 0 Å². The Bertz CT molecular complexity index is 610. The summed E-state index contributed by atoms with van der Waals surface area (Å²) in [6, 6.07) is 7.54. The fourth-order valence-corrected chi connectivity index (χ4v) is 2.58. The lowest BCUT2D eigenvalue weighted by molar-refractivity contribution is -0.114. The number of hydrogen-bond donors (Lipinski definition) is 2. The minimum absolute atomic E-state index is 0.0561. The number of nitrogens with one attached hydrogen (secondary N) is 1. The third-order valence-corrected chi connectivity index (χ3v) is 3.59. The molecule has 0 spiro atoms. The summed E-state index contributed by atoms with van der Waals surface area (Å²) in [4.78, 5) is 16.7. The molecule has 1 aromatic carbocycles. The molecule has 0 bridgehead atoms. The number of carbonyl (C=O) groups is 1. The zero-order valence-electron chi connectivity index (χ0n) is 11.9. The van der Waals surface area contributed by atoms with E-state index in [1.165, 1.54) is 11.3 Å². The third-order valence-electron chi connectivity index (χ3n) is 2.70. The van der Waals surface area contributed by atoms with Crippen LogP contribution in [0.15, 0.2) is 24.3 Å². The quantitative estimate of drug-likeness (QED) is 0.797. The Morgan fingerprint density at radius 2 is 2.10 bits per heavy atom. The van der Waals surface area contributed by atoms with Gasteiger partial charge in [0.05, 0.1) is 12.2 Å². The molecular weight excluding hydrogens is 290 g/mol. The van der Waals surface area contributed by atoms with E-state index >= 15 is 0 Å². The van der Waals surface area contributed by atoms with Gasteiger partial charge >= 0.3 is 0 Å². The summed E-state index contributed by atoms with van der Waals surface area (Å²) >= 11 is 1.42. The lowest BCUT2D eigenvalue weighted by atomic mass is 10.1. The molecule has 0 radical (unpaired) electrons. The fourth-order valence-electron chi connectivity index (χ4n) is 1.72. The average molecular weight is 307 g/mol. The lowest BCUT2D eigenvalue weighted by Crippen LogP contribution is -2.21. The summed E-state index contributed by atoms with van der Waals surface area (Å²) in [5, 5.41) is 3.22. The van der Waals surface area contributed by atoms with Crippen LogP contribution in [0.25, 0.3) is 11.3 Å². The first-order valence-corrected chi connectivity index (χ1v) is 7.15. The van der Waals surface area contributed by atoms with E-state index in [2.05, 4.69) is 10.3 Å². The third kappa shape index (κ3) is 4.01. The van der Waals surface area contributed by atoms with Gasteiger partial charge in [-0.2, -0.15) is 0 Å². The first-order valence-electron chi connectivity index (χ1n) is 6.33. The highest BCUT2D eigenvalue weighted by Crippen LogP contribution is 2.31. The number of nitrogens with zero attached hydrogens (tertiary/aromatic N) is 1. The van der Waals surface area contributed by atoms with Crippen molar-refractivity contribution in [1.82, 2.24) is 4.98 Å². The molecule has 1 heterocycles. The second-order valence-electron chi connectivity index (χ2n) is 4.25. The SMILES string of the molecule is COCOc1ccc(-c2nc(NC(=O)CN)sc2C)cc1. The zero-order valence-corrected chi connectivity index (χ0v) is 12.7. The van der Waals surface area contributed by atoms with E-state index in [0.717, 1.165) is 21.9 Å².